The number of hydrogen-bond acceptors (Lipinski definition) is 2. The van der Waals surface area contributed by atoms with Gasteiger partial charge in [-0.3, -0.25) is 4.79 Å². The molecule has 0 N–H and O–H groups in total. The molecule has 92 valence electrons. The van der Waals surface area contributed by atoms with Crippen molar-refractivity contribution in [2.75, 3.05) is 6.26 Å². The fourth-order valence-corrected chi connectivity index (χ4v) is 2.28. The van der Waals surface area contributed by atoms with E-state index >= 15 is 0 Å². The summed E-state index contributed by atoms with van der Waals surface area (Å²) in [4.78, 5) is 11.1. The summed E-state index contributed by atoms with van der Waals surface area (Å²) in [6.45, 7) is 0.933. The Balaban J connectivity index is 3.44. The van der Waals surface area contributed by atoms with Crippen molar-refractivity contribution in [1.29, 1.82) is 0 Å². The molecule has 0 atom stereocenters. The van der Waals surface area contributed by atoms with Gasteiger partial charge in [0.1, 0.15) is 5.57 Å². The quantitative estimate of drug-likeness (QED) is 0.766. The highest BCUT2D eigenvalue weighted by Crippen LogP contribution is 2.38. The van der Waals surface area contributed by atoms with Gasteiger partial charge in [0.2, 0.25) is 0 Å². The molecule has 0 saturated heterocycles. The van der Waals surface area contributed by atoms with Gasteiger partial charge in [0.25, 0.3) is 0 Å². The van der Waals surface area contributed by atoms with Crippen molar-refractivity contribution in [2.45, 2.75) is 13.1 Å². The van der Waals surface area contributed by atoms with Gasteiger partial charge >= 0.3 is 6.18 Å². The normalized spacial score (nSPS) is 13.2. The van der Waals surface area contributed by atoms with Crippen molar-refractivity contribution in [3.8, 4) is 0 Å². The lowest BCUT2D eigenvalue weighted by molar-refractivity contribution is -0.126. The molecule has 1 aromatic carbocycles. The van der Waals surface area contributed by atoms with Crippen LogP contribution in [0.5, 0.6) is 0 Å². The molecule has 0 aliphatic carbocycles. The Labute approximate surface area is 102 Å². The first-order chi connectivity index (χ1) is 7.88. The average molecular weight is 260 g/mol. The molecule has 5 heteroatoms. The minimum atomic E-state index is -4.62. The molecule has 0 fully saturated rings. The van der Waals surface area contributed by atoms with Crippen molar-refractivity contribution in [2.24, 2.45) is 0 Å². The third-order valence-corrected chi connectivity index (χ3v) is 2.95. The van der Waals surface area contributed by atoms with E-state index in [1.54, 1.807) is 30.3 Å². The van der Waals surface area contributed by atoms with Gasteiger partial charge in [-0.25, -0.2) is 0 Å². The number of halogens is 3. The first kappa shape index (κ1) is 13.8. The van der Waals surface area contributed by atoms with Crippen molar-refractivity contribution < 1.29 is 18.0 Å². The van der Waals surface area contributed by atoms with Crippen molar-refractivity contribution in [3.05, 3.63) is 41.5 Å². The lowest BCUT2D eigenvalue weighted by Gasteiger charge is -2.14. The van der Waals surface area contributed by atoms with Crippen LogP contribution >= 0.6 is 11.8 Å². The molecule has 0 amide bonds. The standard InChI is InChI=1S/C12H11F3OS/c1-8(16)10(12(13,14)15)11(17-2)9-6-4-3-5-7-9/h3-7H,1-2H3/b11-10+. The summed E-state index contributed by atoms with van der Waals surface area (Å²) in [5.74, 6) is -0.967. The van der Waals surface area contributed by atoms with Crippen LogP contribution in [0.1, 0.15) is 12.5 Å². The van der Waals surface area contributed by atoms with Gasteiger partial charge in [-0.1, -0.05) is 30.3 Å². The number of ketones is 1. The summed E-state index contributed by atoms with van der Waals surface area (Å²) in [5.41, 5.74) is -0.682. The topological polar surface area (TPSA) is 17.1 Å². The van der Waals surface area contributed by atoms with Gasteiger partial charge in [0.15, 0.2) is 5.78 Å². The molecule has 0 radical (unpaired) electrons. The Morgan fingerprint density at radius 1 is 1.18 bits per heavy atom. The molecule has 0 unspecified atom stereocenters. The maximum absolute atomic E-state index is 12.8. The van der Waals surface area contributed by atoms with Crippen LogP contribution in [0.4, 0.5) is 13.2 Å². The van der Waals surface area contributed by atoms with Crippen LogP contribution in [0.15, 0.2) is 35.9 Å². The number of alkyl halides is 3. The molecule has 0 saturated carbocycles. The number of thioether (sulfide) groups is 1. The molecule has 0 aliphatic heterocycles. The van der Waals surface area contributed by atoms with E-state index in [1.165, 1.54) is 6.26 Å². The fraction of sp³-hybridized carbons (Fsp3) is 0.250. The minimum absolute atomic E-state index is 0.0365. The van der Waals surface area contributed by atoms with Gasteiger partial charge in [0.05, 0.1) is 0 Å². The second-order valence-electron chi connectivity index (χ2n) is 3.33. The van der Waals surface area contributed by atoms with Gasteiger partial charge in [-0.2, -0.15) is 13.2 Å². The van der Waals surface area contributed by atoms with Crippen LogP contribution in [0.3, 0.4) is 0 Å². The lowest BCUT2D eigenvalue weighted by Crippen LogP contribution is -2.19. The molecular weight excluding hydrogens is 249 g/mol. The highest BCUT2D eigenvalue weighted by molar-refractivity contribution is 8.07. The molecule has 0 aliphatic rings. The third-order valence-electron chi connectivity index (χ3n) is 2.10. The summed E-state index contributed by atoms with van der Waals surface area (Å²) in [5, 5.41) is 0. The molecule has 1 rings (SSSR count). The first-order valence-electron chi connectivity index (χ1n) is 4.79. The van der Waals surface area contributed by atoms with Crippen LogP contribution in [0.25, 0.3) is 4.91 Å². The second-order valence-corrected chi connectivity index (χ2v) is 4.14. The SMILES string of the molecule is CS/C(=C(\C(C)=O)C(F)(F)F)c1ccccc1. The number of benzene rings is 1. The van der Waals surface area contributed by atoms with E-state index in [4.69, 9.17) is 0 Å². The van der Waals surface area contributed by atoms with Crippen molar-refractivity contribution in [3.63, 3.8) is 0 Å². The molecule has 0 aromatic heterocycles. The van der Waals surface area contributed by atoms with Crippen molar-refractivity contribution in [1.82, 2.24) is 0 Å². The Hall–Kier alpha value is -1.23. The van der Waals surface area contributed by atoms with Gasteiger partial charge in [0, 0.05) is 4.91 Å². The van der Waals surface area contributed by atoms with Gasteiger partial charge in [-0.15, -0.1) is 11.8 Å². The molecule has 17 heavy (non-hydrogen) atoms. The largest absolute Gasteiger partial charge is 0.420 e. The predicted octanol–water partition coefficient (Wildman–Crippen LogP) is 3.91. The fourth-order valence-electron chi connectivity index (χ4n) is 1.44. The molecule has 1 aromatic rings. The third kappa shape index (κ3) is 3.36. The zero-order valence-electron chi connectivity index (χ0n) is 9.34. The van der Waals surface area contributed by atoms with Crippen molar-refractivity contribution >= 4 is 22.5 Å². The molecule has 1 nitrogen and oxygen atoms in total. The summed E-state index contributed by atoms with van der Waals surface area (Å²) in [6.07, 6.45) is -3.10. The molecular formula is C12H11F3OS. The van der Waals surface area contributed by atoms with E-state index in [-0.39, 0.29) is 4.91 Å². The van der Waals surface area contributed by atoms with E-state index in [2.05, 4.69) is 0 Å². The Morgan fingerprint density at radius 2 is 1.71 bits per heavy atom. The van der Waals surface area contributed by atoms with Gasteiger partial charge < -0.3 is 0 Å². The summed E-state index contributed by atoms with van der Waals surface area (Å²) < 4.78 is 38.4. The number of hydrogen-bond donors (Lipinski definition) is 0. The maximum atomic E-state index is 12.8. The molecule has 0 spiro atoms. The lowest BCUT2D eigenvalue weighted by atomic mass is 10.1. The van der Waals surface area contributed by atoms with Crippen LogP contribution in [-0.4, -0.2) is 18.2 Å². The zero-order valence-corrected chi connectivity index (χ0v) is 10.2. The highest BCUT2D eigenvalue weighted by atomic mass is 32.2. The highest BCUT2D eigenvalue weighted by Gasteiger charge is 2.39. The van der Waals surface area contributed by atoms with Crippen LogP contribution < -0.4 is 0 Å². The summed E-state index contributed by atoms with van der Waals surface area (Å²) in [6, 6.07) is 8.10. The first-order valence-corrected chi connectivity index (χ1v) is 6.02. The van der Waals surface area contributed by atoms with Crippen LogP contribution in [0.2, 0.25) is 0 Å². The number of carbonyl (C=O) groups excluding carboxylic acids is 1. The smallest absolute Gasteiger partial charge is 0.294 e. The van der Waals surface area contributed by atoms with Gasteiger partial charge in [-0.05, 0) is 18.7 Å². The molecule has 0 heterocycles. The Bertz CT molecular complexity index is 435. The van der Waals surface area contributed by atoms with E-state index < -0.39 is 17.5 Å². The predicted molar refractivity (Wildman–Crippen MR) is 63.6 cm³/mol. The number of Topliss-reactive ketones (excluding diaryl/α,β-unsaturated/α-hetero) is 1. The average Bonchev–Trinajstić information content (AvgIpc) is 2.24. The second kappa shape index (κ2) is 5.40. The van der Waals surface area contributed by atoms with E-state index in [0.29, 0.717) is 5.56 Å². The number of allylic oxidation sites excluding steroid dienone is 1. The number of rotatable bonds is 3. The maximum Gasteiger partial charge on any atom is 0.420 e. The van der Waals surface area contributed by atoms with Crippen LogP contribution in [0, 0.1) is 0 Å². The van der Waals surface area contributed by atoms with E-state index in [0.717, 1.165) is 18.7 Å². The van der Waals surface area contributed by atoms with E-state index in [9.17, 15) is 18.0 Å². The number of carbonyl (C=O) groups is 1. The monoisotopic (exact) mass is 260 g/mol. The summed E-state index contributed by atoms with van der Waals surface area (Å²) >= 11 is 0.925. The Morgan fingerprint density at radius 3 is 2.06 bits per heavy atom. The van der Waals surface area contributed by atoms with E-state index in [1.807, 2.05) is 0 Å². The molecule has 0 bridgehead atoms. The minimum Gasteiger partial charge on any atom is -0.294 e. The Kier molecular flexibility index (Phi) is 4.40. The zero-order chi connectivity index (χ0) is 13.1. The van der Waals surface area contributed by atoms with Crippen LogP contribution in [-0.2, 0) is 4.79 Å². The summed E-state index contributed by atoms with van der Waals surface area (Å²) in [7, 11) is 0.